The van der Waals surface area contributed by atoms with Crippen molar-refractivity contribution >= 4 is 23.6 Å². The van der Waals surface area contributed by atoms with E-state index in [1.807, 2.05) is 0 Å². The molecule has 2 rings (SSSR count). The molecule has 0 radical (unpaired) electrons. The minimum absolute atomic E-state index is 0.148. The molecule has 0 unspecified atom stereocenters. The zero-order chi connectivity index (χ0) is 14.4. The summed E-state index contributed by atoms with van der Waals surface area (Å²) in [5.74, 6) is -0.224. The molecular formula is C11H17N5O3S. The zero-order valence-corrected chi connectivity index (χ0v) is 12.1. The Morgan fingerprint density at radius 2 is 2.30 bits per heavy atom. The molecule has 0 saturated heterocycles. The molecule has 1 saturated carbocycles. The molecule has 1 heterocycles. The van der Waals surface area contributed by atoms with Gasteiger partial charge in [-0.2, -0.15) is 0 Å². The smallest absolute Gasteiger partial charge is 0.307 e. The maximum absolute atomic E-state index is 11.6. The number of carbonyl (C=O) groups is 2. The van der Waals surface area contributed by atoms with Gasteiger partial charge >= 0.3 is 5.97 Å². The van der Waals surface area contributed by atoms with Crippen molar-refractivity contribution in [2.24, 2.45) is 0 Å². The first kappa shape index (κ1) is 14.8. The number of hydrogen-bond acceptors (Lipinski definition) is 7. The molecule has 1 fully saturated rings. The van der Waals surface area contributed by atoms with E-state index in [1.165, 1.54) is 11.8 Å². The van der Waals surface area contributed by atoms with Gasteiger partial charge in [0.2, 0.25) is 11.1 Å². The molecule has 0 aliphatic heterocycles. The standard InChI is InChI=1S/C11H17N5O3S/c1-2-19-10(18)5-6-12-9(17)7-20-11-13-14-15-16(11)8-3-4-8/h8H,2-7H2,1H3,(H,12,17). The third kappa shape index (κ3) is 4.48. The highest BCUT2D eigenvalue weighted by atomic mass is 32.2. The van der Waals surface area contributed by atoms with E-state index in [9.17, 15) is 9.59 Å². The van der Waals surface area contributed by atoms with Crippen LogP contribution in [0, 0.1) is 0 Å². The number of hydrogen-bond donors (Lipinski definition) is 1. The van der Waals surface area contributed by atoms with E-state index in [0.717, 1.165) is 12.8 Å². The van der Waals surface area contributed by atoms with Crippen LogP contribution in [0.3, 0.4) is 0 Å². The molecule has 1 aromatic rings. The molecule has 0 aromatic carbocycles. The molecule has 0 bridgehead atoms. The Balaban J connectivity index is 1.64. The topological polar surface area (TPSA) is 99.0 Å². The highest BCUT2D eigenvalue weighted by molar-refractivity contribution is 7.99. The van der Waals surface area contributed by atoms with Gasteiger partial charge in [-0.3, -0.25) is 9.59 Å². The quantitative estimate of drug-likeness (QED) is 0.539. The zero-order valence-electron chi connectivity index (χ0n) is 11.2. The lowest BCUT2D eigenvalue weighted by molar-refractivity contribution is -0.142. The lowest BCUT2D eigenvalue weighted by Crippen LogP contribution is -2.28. The van der Waals surface area contributed by atoms with Gasteiger partial charge in [-0.25, -0.2) is 4.68 Å². The third-order valence-electron chi connectivity index (χ3n) is 2.64. The number of carbonyl (C=O) groups excluding carboxylic acids is 2. The second-order valence-corrected chi connectivity index (χ2v) is 5.27. The summed E-state index contributed by atoms with van der Waals surface area (Å²) in [4.78, 5) is 22.7. The molecule has 0 atom stereocenters. The van der Waals surface area contributed by atoms with Gasteiger partial charge in [-0.15, -0.1) is 5.10 Å². The van der Waals surface area contributed by atoms with Crippen LogP contribution in [0.4, 0.5) is 0 Å². The number of esters is 1. The molecule has 8 nitrogen and oxygen atoms in total. The number of tetrazole rings is 1. The van der Waals surface area contributed by atoms with Crippen LogP contribution in [0.15, 0.2) is 5.16 Å². The van der Waals surface area contributed by atoms with Gasteiger partial charge < -0.3 is 10.1 Å². The monoisotopic (exact) mass is 299 g/mol. The second kappa shape index (κ2) is 7.22. The van der Waals surface area contributed by atoms with Crippen LogP contribution in [-0.2, 0) is 14.3 Å². The molecule has 110 valence electrons. The summed E-state index contributed by atoms with van der Waals surface area (Å²) in [6.45, 7) is 2.38. The lowest BCUT2D eigenvalue weighted by atomic mass is 10.4. The summed E-state index contributed by atoms with van der Waals surface area (Å²) in [6, 6.07) is 0.388. The Kier molecular flexibility index (Phi) is 5.33. The molecule has 9 heteroatoms. The molecule has 1 aliphatic rings. The largest absolute Gasteiger partial charge is 0.466 e. The molecule has 20 heavy (non-hydrogen) atoms. The van der Waals surface area contributed by atoms with Crippen LogP contribution < -0.4 is 5.32 Å². The molecule has 1 amide bonds. The number of amides is 1. The van der Waals surface area contributed by atoms with E-state index < -0.39 is 0 Å². The molecule has 0 spiro atoms. The second-order valence-electron chi connectivity index (χ2n) is 4.33. The van der Waals surface area contributed by atoms with E-state index in [2.05, 4.69) is 20.8 Å². The number of nitrogens with zero attached hydrogens (tertiary/aromatic N) is 4. The highest BCUT2D eigenvalue weighted by Crippen LogP contribution is 2.36. The first-order valence-electron chi connectivity index (χ1n) is 6.53. The maximum atomic E-state index is 11.6. The van der Waals surface area contributed by atoms with Gasteiger partial charge in [0.25, 0.3) is 0 Å². The van der Waals surface area contributed by atoms with Crippen molar-refractivity contribution in [2.75, 3.05) is 18.9 Å². The Hall–Kier alpha value is -1.64. The van der Waals surface area contributed by atoms with Gasteiger partial charge in [0, 0.05) is 6.54 Å². The van der Waals surface area contributed by atoms with Crippen LogP contribution >= 0.6 is 11.8 Å². The van der Waals surface area contributed by atoms with E-state index in [-0.39, 0.29) is 30.6 Å². The number of nitrogens with one attached hydrogen (secondary N) is 1. The van der Waals surface area contributed by atoms with Crippen molar-refractivity contribution in [3.8, 4) is 0 Å². The van der Waals surface area contributed by atoms with Crippen molar-refractivity contribution < 1.29 is 14.3 Å². The molecule has 1 aliphatic carbocycles. The fraction of sp³-hybridized carbons (Fsp3) is 0.727. The van der Waals surface area contributed by atoms with Crippen molar-refractivity contribution in [1.82, 2.24) is 25.5 Å². The lowest BCUT2D eigenvalue weighted by Gasteiger charge is -2.05. The van der Waals surface area contributed by atoms with Crippen LogP contribution in [0.5, 0.6) is 0 Å². The van der Waals surface area contributed by atoms with Crippen molar-refractivity contribution in [3.05, 3.63) is 0 Å². The third-order valence-corrected chi connectivity index (χ3v) is 3.58. The van der Waals surface area contributed by atoms with E-state index in [4.69, 9.17) is 4.74 Å². The average Bonchev–Trinajstić information content (AvgIpc) is 3.16. The van der Waals surface area contributed by atoms with Crippen LogP contribution in [0.25, 0.3) is 0 Å². The normalized spacial score (nSPS) is 14.1. The fourth-order valence-electron chi connectivity index (χ4n) is 1.55. The Bertz CT molecular complexity index is 474. The minimum atomic E-state index is -0.307. The van der Waals surface area contributed by atoms with E-state index in [1.54, 1.807) is 11.6 Å². The van der Waals surface area contributed by atoms with Gasteiger partial charge in [-0.1, -0.05) is 11.8 Å². The Morgan fingerprint density at radius 1 is 1.50 bits per heavy atom. The minimum Gasteiger partial charge on any atom is -0.466 e. The summed E-state index contributed by atoms with van der Waals surface area (Å²) in [7, 11) is 0. The average molecular weight is 299 g/mol. The summed E-state index contributed by atoms with van der Waals surface area (Å²) in [5, 5.41) is 14.7. The SMILES string of the molecule is CCOC(=O)CCNC(=O)CSc1nnnn1C1CC1. The Morgan fingerprint density at radius 3 is 3.00 bits per heavy atom. The van der Waals surface area contributed by atoms with Gasteiger partial charge in [-0.05, 0) is 30.2 Å². The summed E-state index contributed by atoms with van der Waals surface area (Å²) in [5.41, 5.74) is 0. The number of aromatic nitrogens is 4. The summed E-state index contributed by atoms with van der Waals surface area (Å²) in [6.07, 6.45) is 2.36. The molecular weight excluding hydrogens is 282 g/mol. The predicted octanol–water partition coefficient (Wildman–Crippen LogP) is 0.169. The summed E-state index contributed by atoms with van der Waals surface area (Å²) >= 11 is 1.30. The predicted molar refractivity (Wildman–Crippen MR) is 71.1 cm³/mol. The first-order chi connectivity index (χ1) is 9.70. The Labute approximate surface area is 120 Å². The number of ether oxygens (including phenoxy) is 1. The molecule has 1 aromatic heterocycles. The van der Waals surface area contributed by atoms with Crippen LogP contribution in [-0.4, -0.2) is 51.0 Å². The first-order valence-corrected chi connectivity index (χ1v) is 7.52. The van der Waals surface area contributed by atoms with Crippen LogP contribution in [0.1, 0.15) is 32.2 Å². The van der Waals surface area contributed by atoms with Gasteiger partial charge in [0.15, 0.2) is 0 Å². The van der Waals surface area contributed by atoms with Gasteiger partial charge in [0.1, 0.15) is 0 Å². The van der Waals surface area contributed by atoms with Crippen molar-refractivity contribution in [1.29, 1.82) is 0 Å². The van der Waals surface area contributed by atoms with E-state index in [0.29, 0.717) is 17.8 Å². The summed E-state index contributed by atoms with van der Waals surface area (Å²) < 4.78 is 6.53. The molecule has 1 N–H and O–H groups in total. The van der Waals surface area contributed by atoms with Crippen LogP contribution in [0.2, 0.25) is 0 Å². The van der Waals surface area contributed by atoms with Crippen molar-refractivity contribution in [2.45, 2.75) is 37.4 Å². The fourth-order valence-corrected chi connectivity index (χ4v) is 2.32. The number of thioether (sulfide) groups is 1. The highest BCUT2D eigenvalue weighted by Gasteiger charge is 2.28. The van der Waals surface area contributed by atoms with E-state index >= 15 is 0 Å². The van der Waals surface area contributed by atoms with Crippen molar-refractivity contribution in [3.63, 3.8) is 0 Å². The van der Waals surface area contributed by atoms with Gasteiger partial charge in [0.05, 0.1) is 24.8 Å². The number of rotatable bonds is 8. The maximum Gasteiger partial charge on any atom is 0.307 e.